The number of benzene rings is 4. The number of hydrogen-bond acceptors (Lipinski definition) is 0. The van der Waals surface area contributed by atoms with Crippen LogP contribution in [-0.2, 0) is 31.7 Å². The molecule has 0 saturated heterocycles. The number of rotatable bonds is 3. The molecule has 0 unspecified atom stereocenters. The van der Waals surface area contributed by atoms with Gasteiger partial charge in [0.15, 0.2) is 0 Å². The second-order valence-corrected chi connectivity index (χ2v) is 20.4. The monoisotopic (exact) mass is 796 g/mol. The van der Waals surface area contributed by atoms with Crippen LogP contribution in [0.15, 0.2) is 97.1 Å². The summed E-state index contributed by atoms with van der Waals surface area (Å²) in [5.74, 6) is 0.573. The number of hydrogen-bond donors (Lipinski definition) is 0. The number of fused-ring (bicyclic) bond motifs is 2. The van der Waals surface area contributed by atoms with Gasteiger partial charge in [0.05, 0.1) is 0 Å². The summed E-state index contributed by atoms with van der Waals surface area (Å²) in [6.45, 7) is 29.0. The summed E-state index contributed by atoms with van der Waals surface area (Å²) >= 11 is -0.826. The van der Waals surface area contributed by atoms with Crippen LogP contribution >= 0.6 is 17.0 Å². The van der Waals surface area contributed by atoms with E-state index in [1.165, 1.54) is 77.2 Å². The molecule has 0 N–H and O–H groups in total. The van der Waals surface area contributed by atoms with Gasteiger partial charge >= 0.3 is 37.9 Å². The van der Waals surface area contributed by atoms with Crippen molar-refractivity contribution in [3.63, 3.8) is 0 Å². The fourth-order valence-corrected chi connectivity index (χ4v) is 6.25. The van der Waals surface area contributed by atoms with E-state index < -0.39 is 20.8 Å². The van der Waals surface area contributed by atoms with Crippen LogP contribution in [0.5, 0.6) is 0 Å². The van der Waals surface area contributed by atoms with Crippen LogP contribution in [-0.4, -0.2) is 9.52 Å². The molecule has 262 valence electrons. The molecule has 0 fully saturated rings. The third-order valence-corrected chi connectivity index (χ3v) is 9.22. The van der Waals surface area contributed by atoms with Gasteiger partial charge in [-0.2, -0.15) is 12.1 Å². The van der Waals surface area contributed by atoms with Gasteiger partial charge in [-0.1, -0.05) is 152 Å². The average molecular weight is 799 g/mol. The van der Waals surface area contributed by atoms with E-state index in [2.05, 4.69) is 186 Å². The van der Waals surface area contributed by atoms with Gasteiger partial charge in [-0.3, -0.25) is 0 Å². The summed E-state index contributed by atoms with van der Waals surface area (Å²) in [6.07, 6.45) is 0. The van der Waals surface area contributed by atoms with Gasteiger partial charge in [-0.05, 0) is 52.8 Å². The minimum atomic E-state index is -0.826. The molecule has 6 rings (SSSR count). The Kier molecular flexibility index (Phi) is 15.6. The molecule has 0 aromatic heterocycles. The molecule has 2 radical (unpaired) electrons. The second kappa shape index (κ2) is 18.5. The number of aryl methyl sites for hydroxylation is 2. The van der Waals surface area contributed by atoms with Crippen molar-refractivity contribution in [1.29, 1.82) is 0 Å². The van der Waals surface area contributed by atoms with Crippen LogP contribution in [0.25, 0.3) is 43.8 Å². The molecule has 0 aliphatic heterocycles. The van der Waals surface area contributed by atoms with Gasteiger partial charge in [0.25, 0.3) is 0 Å². The molecule has 0 heterocycles. The van der Waals surface area contributed by atoms with Crippen molar-refractivity contribution < 1.29 is 20.8 Å². The van der Waals surface area contributed by atoms with E-state index >= 15 is 0 Å². The first-order chi connectivity index (χ1) is 23.5. The van der Waals surface area contributed by atoms with Gasteiger partial charge in [-0.15, -0.1) is 63.0 Å². The summed E-state index contributed by atoms with van der Waals surface area (Å²) < 4.78 is 0. The summed E-state index contributed by atoms with van der Waals surface area (Å²) in [5, 5.41) is 5.45. The Morgan fingerprint density at radius 1 is 0.640 bits per heavy atom. The minimum absolute atomic E-state index is 0.201. The van der Waals surface area contributed by atoms with Crippen molar-refractivity contribution in [2.24, 2.45) is 0 Å². The normalized spacial score (nSPS) is 11.3. The summed E-state index contributed by atoms with van der Waals surface area (Å²) in [5.41, 5.74) is 14.1. The summed E-state index contributed by atoms with van der Waals surface area (Å²) in [4.78, 5) is 0. The van der Waals surface area contributed by atoms with Gasteiger partial charge < -0.3 is 0 Å². The molecule has 0 spiro atoms. The van der Waals surface area contributed by atoms with Crippen LogP contribution in [0, 0.1) is 20.8 Å². The first-order valence-electron chi connectivity index (χ1n) is 17.6. The molecular formula is C46H56Cl2SiZr. The van der Waals surface area contributed by atoms with Gasteiger partial charge in [0.2, 0.25) is 0 Å². The molecule has 0 saturated carbocycles. The first-order valence-corrected chi connectivity index (χ1v) is 25.9. The van der Waals surface area contributed by atoms with E-state index in [-0.39, 0.29) is 10.8 Å². The zero-order valence-electron chi connectivity index (χ0n) is 32.6. The fraction of sp³-hybridized carbons (Fsp3) is 0.348. The van der Waals surface area contributed by atoms with Crippen molar-refractivity contribution >= 4 is 48.1 Å². The number of halogens is 2. The Balaban J connectivity index is 0.000000234. The maximum absolute atomic E-state index is 4.93. The predicted octanol–water partition coefficient (Wildman–Crippen LogP) is 15.3. The zero-order chi connectivity index (χ0) is 37.4. The summed E-state index contributed by atoms with van der Waals surface area (Å²) in [7, 11) is 11.0. The molecule has 0 nitrogen and oxygen atoms in total. The molecule has 0 aliphatic rings. The molecule has 4 heteroatoms. The SMILES string of the molecule is CC(C)c1cc2c(-c3ccc(C(C)(C)C)cc3)cccc2[cH-]1.C[Si]C.Cc1cc2c(-c3ccc(C(C)(C)C)cc3)c(C)c(C)cc2[cH-]1.[Cl][Zr+2][Cl]. The third-order valence-electron chi connectivity index (χ3n) is 9.22. The first kappa shape index (κ1) is 42.2. The maximum atomic E-state index is 4.93. The Bertz CT molecular complexity index is 1940. The zero-order valence-corrected chi connectivity index (χ0v) is 37.5. The van der Waals surface area contributed by atoms with Crippen LogP contribution in [0.2, 0.25) is 13.1 Å². The Morgan fingerprint density at radius 2 is 1.14 bits per heavy atom. The molecule has 0 bridgehead atoms. The van der Waals surface area contributed by atoms with Crippen molar-refractivity contribution in [2.75, 3.05) is 0 Å². The van der Waals surface area contributed by atoms with Crippen LogP contribution < -0.4 is 0 Å². The van der Waals surface area contributed by atoms with Gasteiger partial charge in [0.1, 0.15) is 0 Å². The fourth-order valence-electron chi connectivity index (χ4n) is 6.25. The van der Waals surface area contributed by atoms with E-state index in [4.69, 9.17) is 17.0 Å². The Morgan fingerprint density at radius 3 is 1.62 bits per heavy atom. The van der Waals surface area contributed by atoms with Crippen LogP contribution in [0.3, 0.4) is 0 Å². The topological polar surface area (TPSA) is 0 Å². The second-order valence-electron chi connectivity index (χ2n) is 15.7. The Labute approximate surface area is 325 Å². The molecule has 50 heavy (non-hydrogen) atoms. The average Bonchev–Trinajstić information content (AvgIpc) is 3.65. The molecule has 6 aromatic rings. The van der Waals surface area contributed by atoms with Crippen LogP contribution in [0.1, 0.15) is 94.7 Å². The molecule has 0 atom stereocenters. The Hall–Kier alpha value is -2.22. The van der Waals surface area contributed by atoms with Crippen molar-refractivity contribution in [3.05, 3.63) is 130 Å². The summed E-state index contributed by atoms with van der Waals surface area (Å²) in [6, 6.07) is 36.4. The molecule has 0 aliphatic carbocycles. The quantitative estimate of drug-likeness (QED) is 0.124. The van der Waals surface area contributed by atoms with E-state index in [1.54, 1.807) is 0 Å². The third kappa shape index (κ3) is 10.9. The van der Waals surface area contributed by atoms with Gasteiger partial charge in [0, 0.05) is 9.52 Å². The predicted molar refractivity (Wildman–Crippen MR) is 225 cm³/mol. The standard InChI is InChI=1S/2C22H25.C2H6Si.2ClH.Zr/c1-14-11-18-13-15(2)16(3)21(20(18)12-14)17-7-9-19(10-8-17)22(4,5)6;1-15(2)18-13-17-7-6-8-20(21(17)14-18)16-9-11-19(12-10-16)22(3,4)5;1-3-2;;;/h7-13H,1-6H3;6-15H,1-5H3;1-2H3;2*1H;/q2*-1;;;;+4/p-2. The van der Waals surface area contributed by atoms with Crippen molar-refractivity contribution in [1.82, 2.24) is 0 Å². The van der Waals surface area contributed by atoms with E-state index in [1.807, 2.05) is 0 Å². The van der Waals surface area contributed by atoms with Crippen molar-refractivity contribution in [2.45, 2.75) is 106 Å². The van der Waals surface area contributed by atoms with Crippen molar-refractivity contribution in [3.8, 4) is 22.3 Å². The molecule has 0 amide bonds. The van der Waals surface area contributed by atoms with E-state index in [9.17, 15) is 0 Å². The molecular weight excluding hydrogens is 743 g/mol. The van der Waals surface area contributed by atoms with E-state index in [0.29, 0.717) is 5.92 Å². The van der Waals surface area contributed by atoms with E-state index in [0.717, 1.165) is 9.52 Å². The van der Waals surface area contributed by atoms with Crippen LogP contribution in [0.4, 0.5) is 0 Å². The van der Waals surface area contributed by atoms with Gasteiger partial charge in [-0.25, -0.2) is 0 Å². The molecule has 6 aromatic carbocycles.